The number of nitrogens with one attached hydrogen (secondary N) is 2. The summed E-state index contributed by atoms with van der Waals surface area (Å²) in [5.74, 6) is 0. The van der Waals surface area contributed by atoms with E-state index in [1.165, 1.54) is 0 Å². The summed E-state index contributed by atoms with van der Waals surface area (Å²) in [6.45, 7) is 4.08. The molecular formula is C15H16N2O4S2. The van der Waals surface area contributed by atoms with Crippen molar-refractivity contribution in [1.29, 1.82) is 0 Å². The van der Waals surface area contributed by atoms with Crippen LogP contribution in [0.4, 0.5) is 16.2 Å². The predicted molar refractivity (Wildman–Crippen MR) is 89.6 cm³/mol. The lowest BCUT2D eigenvalue weighted by molar-refractivity contribution is 0.140. The molecule has 1 amide bonds. The lowest BCUT2D eigenvalue weighted by Gasteiger charge is -2.24. The SMILES string of the molecule is CC1(C)COC(=O)Nc2ccc(NS(=O)(=O)c3cccs3)cc21. The van der Waals surface area contributed by atoms with E-state index in [4.69, 9.17) is 4.74 Å². The van der Waals surface area contributed by atoms with Crippen molar-refractivity contribution >= 4 is 38.8 Å². The fourth-order valence-electron chi connectivity index (χ4n) is 2.37. The molecule has 0 bridgehead atoms. The molecule has 3 rings (SSSR count). The molecule has 6 nitrogen and oxygen atoms in total. The zero-order valence-electron chi connectivity index (χ0n) is 12.6. The van der Waals surface area contributed by atoms with E-state index in [1.54, 1.807) is 35.7 Å². The van der Waals surface area contributed by atoms with E-state index in [1.807, 2.05) is 13.8 Å². The third kappa shape index (κ3) is 3.18. The average Bonchev–Trinajstić information content (AvgIpc) is 2.98. The number of benzene rings is 1. The Kier molecular flexibility index (Phi) is 3.81. The van der Waals surface area contributed by atoms with E-state index in [9.17, 15) is 13.2 Å². The van der Waals surface area contributed by atoms with Gasteiger partial charge in [0.25, 0.3) is 10.0 Å². The van der Waals surface area contributed by atoms with Gasteiger partial charge in [0, 0.05) is 16.8 Å². The van der Waals surface area contributed by atoms with Crippen molar-refractivity contribution in [2.24, 2.45) is 0 Å². The normalized spacial score (nSPS) is 16.7. The van der Waals surface area contributed by atoms with Gasteiger partial charge in [-0.25, -0.2) is 13.2 Å². The van der Waals surface area contributed by atoms with Gasteiger partial charge in [-0.3, -0.25) is 10.0 Å². The summed E-state index contributed by atoms with van der Waals surface area (Å²) in [6.07, 6.45) is -0.510. The highest BCUT2D eigenvalue weighted by molar-refractivity contribution is 7.94. The van der Waals surface area contributed by atoms with Crippen molar-refractivity contribution in [3.63, 3.8) is 0 Å². The fourth-order valence-corrected chi connectivity index (χ4v) is 4.41. The molecule has 0 saturated heterocycles. The highest BCUT2D eigenvalue weighted by Crippen LogP contribution is 2.35. The lowest BCUT2D eigenvalue weighted by Crippen LogP contribution is -2.23. The Morgan fingerprint density at radius 3 is 2.78 bits per heavy atom. The van der Waals surface area contributed by atoms with Gasteiger partial charge < -0.3 is 4.74 Å². The van der Waals surface area contributed by atoms with E-state index in [0.717, 1.165) is 16.9 Å². The largest absolute Gasteiger partial charge is 0.448 e. The second-order valence-corrected chi connectivity index (χ2v) is 8.74. The lowest BCUT2D eigenvalue weighted by atomic mass is 9.84. The molecule has 1 aromatic heterocycles. The van der Waals surface area contributed by atoms with Crippen molar-refractivity contribution in [2.45, 2.75) is 23.5 Å². The number of anilines is 2. The predicted octanol–water partition coefficient (Wildman–Crippen LogP) is 3.39. The second kappa shape index (κ2) is 5.54. The molecule has 2 aromatic rings. The smallest absolute Gasteiger partial charge is 0.411 e. The molecule has 23 heavy (non-hydrogen) atoms. The third-order valence-corrected chi connectivity index (χ3v) is 6.34. The van der Waals surface area contributed by atoms with Crippen LogP contribution in [0.15, 0.2) is 39.9 Å². The van der Waals surface area contributed by atoms with E-state index in [0.29, 0.717) is 11.4 Å². The molecule has 2 N–H and O–H groups in total. The van der Waals surface area contributed by atoms with Gasteiger partial charge in [-0.2, -0.15) is 0 Å². The Bertz CT molecular complexity index is 842. The van der Waals surface area contributed by atoms with Gasteiger partial charge >= 0.3 is 6.09 Å². The number of carbonyl (C=O) groups is 1. The van der Waals surface area contributed by atoms with Crippen molar-refractivity contribution in [1.82, 2.24) is 0 Å². The highest BCUT2D eigenvalue weighted by Gasteiger charge is 2.30. The maximum absolute atomic E-state index is 12.3. The van der Waals surface area contributed by atoms with Crippen molar-refractivity contribution in [3.8, 4) is 0 Å². The second-order valence-electron chi connectivity index (χ2n) is 5.88. The van der Waals surface area contributed by atoms with E-state index in [-0.39, 0.29) is 10.8 Å². The summed E-state index contributed by atoms with van der Waals surface area (Å²) in [6, 6.07) is 8.26. The third-order valence-electron chi connectivity index (χ3n) is 3.56. The van der Waals surface area contributed by atoms with Gasteiger partial charge in [0.1, 0.15) is 10.8 Å². The zero-order chi connectivity index (χ0) is 16.7. The molecule has 0 fully saturated rings. The molecule has 0 unspecified atom stereocenters. The van der Waals surface area contributed by atoms with Crippen molar-refractivity contribution < 1.29 is 17.9 Å². The van der Waals surface area contributed by atoms with Gasteiger partial charge in [-0.15, -0.1) is 11.3 Å². The molecule has 0 radical (unpaired) electrons. The van der Waals surface area contributed by atoms with Crippen molar-refractivity contribution in [3.05, 3.63) is 41.3 Å². The maximum Gasteiger partial charge on any atom is 0.411 e. The van der Waals surface area contributed by atoms with Crippen LogP contribution in [0.1, 0.15) is 19.4 Å². The summed E-state index contributed by atoms with van der Waals surface area (Å²) < 4.78 is 32.6. The molecule has 0 saturated carbocycles. The van der Waals surface area contributed by atoms with Gasteiger partial charge in [-0.05, 0) is 35.2 Å². The molecule has 122 valence electrons. The molecule has 1 aromatic carbocycles. The van der Waals surface area contributed by atoms with E-state index >= 15 is 0 Å². The maximum atomic E-state index is 12.3. The topological polar surface area (TPSA) is 84.5 Å². The highest BCUT2D eigenvalue weighted by atomic mass is 32.2. The van der Waals surface area contributed by atoms with Crippen LogP contribution in [-0.4, -0.2) is 21.1 Å². The summed E-state index contributed by atoms with van der Waals surface area (Å²) in [5.41, 5.74) is 1.45. The van der Waals surface area contributed by atoms with Crippen LogP contribution in [-0.2, 0) is 20.2 Å². The average molecular weight is 352 g/mol. The fraction of sp³-hybridized carbons (Fsp3) is 0.267. The summed E-state index contributed by atoms with van der Waals surface area (Å²) in [4.78, 5) is 11.6. The molecule has 1 aliphatic rings. The van der Waals surface area contributed by atoms with Gasteiger partial charge in [-0.1, -0.05) is 19.9 Å². The van der Waals surface area contributed by atoms with Crippen LogP contribution >= 0.6 is 11.3 Å². The van der Waals surface area contributed by atoms with Crippen LogP contribution in [0.5, 0.6) is 0 Å². The molecule has 1 aliphatic heterocycles. The van der Waals surface area contributed by atoms with E-state index < -0.39 is 21.5 Å². The van der Waals surface area contributed by atoms with Crippen LogP contribution in [0, 0.1) is 0 Å². The molecule has 0 spiro atoms. The molecule has 8 heteroatoms. The summed E-state index contributed by atoms with van der Waals surface area (Å²) in [5, 5.41) is 4.37. The number of ether oxygens (including phenoxy) is 1. The number of hydrogen-bond acceptors (Lipinski definition) is 5. The van der Waals surface area contributed by atoms with Crippen LogP contribution in [0.25, 0.3) is 0 Å². The minimum Gasteiger partial charge on any atom is -0.448 e. The number of rotatable bonds is 3. The number of hydrogen-bond donors (Lipinski definition) is 2. The Morgan fingerprint density at radius 1 is 1.30 bits per heavy atom. The molecule has 0 atom stereocenters. The Morgan fingerprint density at radius 2 is 2.09 bits per heavy atom. The monoisotopic (exact) mass is 352 g/mol. The summed E-state index contributed by atoms with van der Waals surface area (Å²) in [7, 11) is -3.60. The first-order valence-corrected chi connectivity index (χ1v) is 9.29. The molecule has 0 aliphatic carbocycles. The number of fused-ring (bicyclic) bond motifs is 1. The van der Waals surface area contributed by atoms with Crippen LogP contribution in [0.3, 0.4) is 0 Å². The molecule has 2 heterocycles. The summed E-state index contributed by atoms with van der Waals surface area (Å²) >= 11 is 1.15. The van der Waals surface area contributed by atoms with Gasteiger partial charge in [0.2, 0.25) is 0 Å². The zero-order valence-corrected chi connectivity index (χ0v) is 14.3. The number of amides is 1. The quantitative estimate of drug-likeness (QED) is 0.887. The number of cyclic esters (lactones) is 1. The number of thiophene rings is 1. The Labute approximate surface area is 138 Å². The van der Waals surface area contributed by atoms with Crippen LogP contribution < -0.4 is 10.0 Å². The Balaban J connectivity index is 1.98. The van der Waals surface area contributed by atoms with Crippen molar-refractivity contribution in [2.75, 3.05) is 16.6 Å². The Hall–Kier alpha value is -2.06. The first-order chi connectivity index (χ1) is 10.8. The minimum atomic E-state index is -3.60. The van der Waals surface area contributed by atoms with Crippen LogP contribution in [0.2, 0.25) is 0 Å². The minimum absolute atomic E-state index is 0.215. The number of carbonyl (C=O) groups excluding carboxylic acids is 1. The molecular weight excluding hydrogens is 336 g/mol. The standard InChI is InChI=1S/C15H16N2O4S2/c1-15(2)9-21-14(18)16-12-6-5-10(8-11(12)15)17-23(19,20)13-4-3-7-22-13/h3-8,17H,9H2,1-2H3,(H,16,18). The number of sulfonamides is 1. The first-order valence-electron chi connectivity index (χ1n) is 6.93. The van der Waals surface area contributed by atoms with Gasteiger partial charge in [0.15, 0.2) is 0 Å². The van der Waals surface area contributed by atoms with E-state index in [2.05, 4.69) is 10.0 Å². The first kappa shape index (κ1) is 15.8. The van der Waals surface area contributed by atoms with Gasteiger partial charge in [0.05, 0.1) is 0 Å².